The number of hydrogen-bond donors (Lipinski definition) is 2. The summed E-state index contributed by atoms with van der Waals surface area (Å²) in [7, 11) is 0. The Morgan fingerprint density at radius 2 is 1.97 bits per heavy atom. The van der Waals surface area contributed by atoms with Crippen LogP contribution in [0.2, 0.25) is 0 Å². The van der Waals surface area contributed by atoms with Crippen LogP contribution in [0.5, 0.6) is 0 Å². The lowest BCUT2D eigenvalue weighted by molar-refractivity contribution is -0.145. The summed E-state index contributed by atoms with van der Waals surface area (Å²) in [6, 6.07) is 7.34. The zero-order valence-electron chi connectivity index (χ0n) is 18.8. The zero-order valence-corrected chi connectivity index (χ0v) is 18.8. The van der Waals surface area contributed by atoms with Crippen molar-refractivity contribution in [3.8, 4) is 0 Å². The highest BCUT2D eigenvalue weighted by Crippen LogP contribution is 2.25. The number of nitrogens with one attached hydrogen (secondary N) is 1. The van der Waals surface area contributed by atoms with Crippen molar-refractivity contribution in [2.75, 3.05) is 13.2 Å². The highest BCUT2D eigenvalue weighted by Gasteiger charge is 2.32. The minimum atomic E-state index is -0.517. The summed E-state index contributed by atoms with van der Waals surface area (Å²) in [5, 5.41) is 12.8. The first-order valence-electron chi connectivity index (χ1n) is 11.6. The van der Waals surface area contributed by atoms with Crippen LogP contribution in [-0.2, 0) is 32.1 Å². The number of aliphatic hydroxyl groups excluding tert-OH is 1. The first kappa shape index (κ1) is 24.0. The number of rotatable bonds is 3. The first-order valence-corrected chi connectivity index (χ1v) is 11.6. The number of fused-ring (bicyclic) bond motifs is 1. The molecule has 1 aromatic rings. The van der Waals surface area contributed by atoms with Gasteiger partial charge in [-0.15, -0.1) is 0 Å². The molecule has 0 aliphatic carbocycles. The topological polar surface area (TPSA) is 95.9 Å². The van der Waals surface area contributed by atoms with E-state index in [4.69, 9.17) is 4.74 Å². The first-order chi connectivity index (χ1) is 15.5. The third kappa shape index (κ3) is 6.66. The van der Waals surface area contributed by atoms with Gasteiger partial charge in [0, 0.05) is 19.4 Å². The van der Waals surface area contributed by atoms with E-state index >= 15 is 0 Å². The third-order valence-electron chi connectivity index (χ3n) is 6.15. The maximum Gasteiger partial charge on any atom is 0.305 e. The van der Waals surface area contributed by atoms with Crippen molar-refractivity contribution in [2.45, 2.75) is 70.5 Å². The molecule has 1 aromatic carbocycles. The smallest absolute Gasteiger partial charge is 0.305 e. The van der Waals surface area contributed by atoms with Crippen LogP contribution in [0.15, 0.2) is 36.4 Å². The summed E-state index contributed by atoms with van der Waals surface area (Å²) in [6.07, 6.45) is 7.97. The van der Waals surface area contributed by atoms with Gasteiger partial charge in [-0.3, -0.25) is 14.4 Å². The van der Waals surface area contributed by atoms with Gasteiger partial charge in [0.15, 0.2) is 0 Å². The van der Waals surface area contributed by atoms with Crippen LogP contribution in [0.3, 0.4) is 0 Å². The van der Waals surface area contributed by atoms with Crippen LogP contribution in [0.1, 0.15) is 56.6 Å². The van der Waals surface area contributed by atoms with Crippen molar-refractivity contribution >= 4 is 17.8 Å². The van der Waals surface area contributed by atoms with Gasteiger partial charge in [0.1, 0.15) is 6.61 Å². The summed E-state index contributed by atoms with van der Waals surface area (Å²) in [5.41, 5.74) is 2.23. The second kappa shape index (κ2) is 11.8. The number of hydrogen-bond acceptors (Lipinski definition) is 5. The van der Waals surface area contributed by atoms with E-state index in [0.717, 1.165) is 30.4 Å². The normalized spacial score (nSPS) is 25.3. The molecule has 0 aromatic heterocycles. The second-order valence-electron chi connectivity index (χ2n) is 8.78. The number of amides is 2. The van der Waals surface area contributed by atoms with Gasteiger partial charge < -0.3 is 20.1 Å². The molecule has 0 saturated carbocycles. The Hall–Kier alpha value is -2.67. The molecule has 0 saturated heterocycles. The van der Waals surface area contributed by atoms with E-state index in [1.165, 1.54) is 0 Å². The maximum absolute atomic E-state index is 13.2. The summed E-state index contributed by atoms with van der Waals surface area (Å²) in [4.78, 5) is 39.7. The van der Waals surface area contributed by atoms with E-state index in [1.54, 1.807) is 11.8 Å². The van der Waals surface area contributed by atoms with Gasteiger partial charge in [0.25, 0.3) is 0 Å². The molecule has 3 atom stereocenters. The fourth-order valence-electron chi connectivity index (χ4n) is 4.26. The Balaban J connectivity index is 1.70. The highest BCUT2D eigenvalue weighted by atomic mass is 16.5. The molecule has 174 valence electrons. The summed E-state index contributed by atoms with van der Waals surface area (Å²) in [6.45, 7) is 2.24. The van der Waals surface area contributed by atoms with Crippen LogP contribution in [0.25, 0.3) is 0 Å². The molecular formula is C25H34N2O5. The van der Waals surface area contributed by atoms with E-state index in [0.29, 0.717) is 25.8 Å². The molecular weight excluding hydrogens is 408 g/mol. The standard InChI is InChI=1S/C25H34N2O5/c1-18-17-32-24(30)12-6-4-2-3-5-10-20(25(31)26-18)14-23(29)27-15-21-11-8-7-9-19(21)13-22(27)16-28/h3,5,7-9,11,18,20,22,28H,2,4,6,10,12-17H2,1H3,(H,26,31)/t18-,20+,22-/m0/s1. The number of esters is 1. The minimum Gasteiger partial charge on any atom is -0.464 e. The van der Waals surface area contributed by atoms with E-state index < -0.39 is 5.92 Å². The lowest BCUT2D eigenvalue weighted by atomic mass is 9.92. The number of benzene rings is 1. The van der Waals surface area contributed by atoms with Gasteiger partial charge in [0.05, 0.1) is 24.6 Å². The Morgan fingerprint density at radius 1 is 1.19 bits per heavy atom. The SMILES string of the molecule is C[C@H]1COC(=O)CCCCC=CC[C@H](CC(=O)N2Cc3ccccc3C[C@H]2CO)C(=O)N1. The zero-order chi connectivity index (χ0) is 22.9. The summed E-state index contributed by atoms with van der Waals surface area (Å²) in [5.74, 6) is -1.12. The van der Waals surface area contributed by atoms with Crippen LogP contribution in [0, 0.1) is 5.92 Å². The molecule has 0 spiro atoms. The largest absolute Gasteiger partial charge is 0.464 e. The maximum atomic E-state index is 13.2. The number of carbonyl (C=O) groups excluding carboxylic acids is 3. The Kier molecular flexibility index (Phi) is 8.85. The van der Waals surface area contributed by atoms with E-state index in [9.17, 15) is 19.5 Å². The molecule has 2 amide bonds. The van der Waals surface area contributed by atoms with Crippen LogP contribution in [-0.4, -0.2) is 53.1 Å². The van der Waals surface area contributed by atoms with Gasteiger partial charge in [-0.2, -0.15) is 0 Å². The Labute approximate surface area is 189 Å². The number of ether oxygens (including phenoxy) is 1. The molecule has 2 N–H and O–H groups in total. The van der Waals surface area contributed by atoms with Gasteiger partial charge in [-0.1, -0.05) is 36.4 Å². The number of allylic oxidation sites excluding steroid dienone is 2. The van der Waals surface area contributed by atoms with Crippen LogP contribution < -0.4 is 5.32 Å². The third-order valence-corrected chi connectivity index (χ3v) is 6.15. The molecule has 0 fully saturated rings. The fraction of sp³-hybridized carbons (Fsp3) is 0.560. The van der Waals surface area contributed by atoms with E-state index in [2.05, 4.69) is 5.32 Å². The van der Waals surface area contributed by atoms with Gasteiger partial charge in [0.2, 0.25) is 11.8 Å². The Bertz CT molecular complexity index is 837. The predicted octanol–water partition coefficient (Wildman–Crippen LogP) is 2.51. The summed E-state index contributed by atoms with van der Waals surface area (Å²) >= 11 is 0. The molecule has 7 heteroatoms. The number of cyclic esters (lactones) is 1. The van der Waals surface area contributed by atoms with Crippen LogP contribution >= 0.6 is 0 Å². The molecule has 7 nitrogen and oxygen atoms in total. The number of carbonyl (C=O) groups is 3. The molecule has 0 unspecified atom stereocenters. The molecule has 0 radical (unpaired) electrons. The van der Waals surface area contributed by atoms with Crippen molar-refractivity contribution in [1.29, 1.82) is 0 Å². The van der Waals surface area contributed by atoms with Crippen molar-refractivity contribution in [3.63, 3.8) is 0 Å². The molecule has 2 aliphatic heterocycles. The van der Waals surface area contributed by atoms with E-state index in [-0.39, 0.29) is 49.5 Å². The quantitative estimate of drug-likeness (QED) is 0.554. The van der Waals surface area contributed by atoms with Crippen LogP contribution in [0.4, 0.5) is 0 Å². The van der Waals surface area contributed by atoms with Gasteiger partial charge >= 0.3 is 5.97 Å². The van der Waals surface area contributed by atoms with E-state index in [1.807, 2.05) is 36.4 Å². The van der Waals surface area contributed by atoms with Gasteiger partial charge in [-0.25, -0.2) is 0 Å². The Morgan fingerprint density at radius 3 is 2.75 bits per heavy atom. The molecule has 3 rings (SSSR count). The van der Waals surface area contributed by atoms with Crippen molar-refractivity contribution < 1.29 is 24.2 Å². The lowest BCUT2D eigenvalue weighted by Gasteiger charge is -2.36. The molecule has 2 aliphatic rings. The van der Waals surface area contributed by atoms with Gasteiger partial charge in [-0.05, 0) is 50.2 Å². The predicted molar refractivity (Wildman–Crippen MR) is 120 cm³/mol. The average Bonchev–Trinajstić information content (AvgIpc) is 2.79. The van der Waals surface area contributed by atoms with Crippen molar-refractivity contribution in [1.82, 2.24) is 10.2 Å². The van der Waals surface area contributed by atoms with Crippen molar-refractivity contribution in [3.05, 3.63) is 47.5 Å². The summed E-state index contributed by atoms with van der Waals surface area (Å²) < 4.78 is 5.25. The molecule has 2 heterocycles. The number of aliphatic hydroxyl groups is 1. The minimum absolute atomic E-state index is 0.0708. The molecule has 32 heavy (non-hydrogen) atoms. The second-order valence-corrected chi connectivity index (χ2v) is 8.78. The fourth-order valence-corrected chi connectivity index (χ4v) is 4.26. The van der Waals surface area contributed by atoms with Crippen molar-refractivity contribution in [2.24, 2.45) is 5.92 Å². The monoisotopic (exact) mass is 442 g/mol. The number of nitrogens with zero attached hydrogens (tertiary/aromatic N) is 1. The average molecular weight is 443 g/mol. The molecule has 0 bridgehead atoms. The lowest BCUT2D eigenvalue weighted by Crippen LogP contribution is -2.48. The highest BCUT2D eigenvalue weighted by molar-refractivity contribution is 5.86.